The Kier molecular flexibility index (Phi) is 7.35. The van der Waals surface area contributed by atoms with E-state index in [9.17, 15) is 4.79 Å². The van der Waals surface area contributed by atoms with Gasteiger partial charge in [0.25, 0.3) is 0 Å². The summed E-state index contributed by atoms with van der Waals surface area (Å²) in [7, 11) is 0. The van der Waals surface area contributed by atoms with Crippen molar-refractivity contribution in [2.45, 2.75) is 58.0 Å². The molecule has 1 fully saturated rings. The van der Waals surface area contributed by atoms with Gasteiger partial charge < -0.3 is 14.7 Å². The molecular weight excluding hydrogens is 350 g/mol. The summed E-state index contributed by atoms with van der Waals surface area (Å²) in [5.41, 5.74) is 3.77. The molecule has 4 nitrogen and oxygen atoms in total. The van der Waals surface area contributed by atoms with Crippen molar-refractivity contribution < 1.29 is 14.6 Å². The maximum Gasteiger partial charge on any atom is 0.303 e. The highest BCUT2D eigenvalue weighted by Gasteiger charge is 2.20. The molecule has 3 rings (SSSR count). The van der Waals surface area contributed by atoms with Gasteiger partial charge in [-0.25, -0.2) is 0 Å². The van der Waals surface area contributed by atoms with Crippen LogP contribution in [0.5, 0.6) is 5.75 Å². The molecule has 1 atom stereocenters. The summed E-state index contributed by atoms with van der Waals surface area (Å²) in [5, 5.41) is 8.73. The molecule has 28 heavy (non-hydrogen) atoms. The number of aliphatic carboxylic acids is 1. The Hall–Kier alpha value is -2.49. The fourth-order valence-electron chi connectivity index (χ4n) is 3.72. The van der Waals surface area contributed by atoms with Crippen molar-refractivity contribution in [2.24, 2.45) is 0 Å². The summed E-state index contributed by atoms with van der Waals surface area (Å²) in [6, 6.07) is 17.1. The van der Waals surface area contributed by atoms with Crippen molar-refractivity contribution in [1.29, 1.82) is 0 Å². The van der Waals surface area contributed by atoms with Crippen LogP contribution in [0.1, 0.15) is 49.7 Å². The van der Waals surface area contributed by atoms with Crippen LogP contribution < -0.4 is 9.64 Å². The van der Waals surface area contributed by atoms with Crippen LogP contribution in [0.2, 0.25) is 0 Å². The molecule has 0 bridgehead atoms. The van der Waals surface area contributed by atoms with Crippen LogP contribution in [0.15, 0.2) is 48.5 Å². The molecule has 1 saturated heterocycles. The Morgan fingerprint density at radius 2 is 1.82 bits per heavy atom. The highest BCUT2D eigenvalue weighted by atomic mass is 16.5. The second-order valence-electron chi connectivity index (χ2n) is 7.76. The third kappa shape index (κ3) is 6.29. The zero-order valence-electron chi connectivity index (χ0n) is 16.8. The molecule has 4 heteroatoms. The lowest BCUT2D eigenvalue weighted by Crippen LogP contribution is -2.34. The van der Waals surface area contributed by atoms with Gasteiger partial charge in [0, 0.05) is 18.7 Å². The number of carbonyl (C=O) groups is 1. The zero-order valence-corrected chi connectivity index (χ0v) is 16.8. The molecule has 2 aromatic rings. The minimum atomic E-state index is -0.709. The van der Waals surface area contributed by atoms with Gasteiger partial charge in [-0.2, -0.15) is 0 Å². The molecule has 0 aromatic heterocycles. The van der Waals surface area contributed by atoms with Crippen molar-refractivity contribution in [3.8, 4) is 5.75 Å². The summed E-state index contributed by atoms with van der Waals surface area (Å²) < 4.78 is 6.26. The Labute approximate surface area is 168 Å². The average molecular weight is 382 g/mol. The third-order valence-electron chi connectivity index (χ3n) is 5.36. The second-order valence-corrected chi connectivity index (χ2v) is 7.76. The van der Waals surface area contributed by atoms with Crippen molar-refractivity contribution in [2.75, 3.05) is 18.0 Å². The van der Waals surface area contributed by atoms with E-state index in [4.69, 9.17) is 9.84 Å². The van der Waals surface area contributed by atoms with E-state index in [0.29, 0.717) is 0 Å². The molecule has 0 spiro atoms. The number of rotatable bonds is 8. The topological polar surface area (TPSA) is 49.8 Å². The summed E-state index contributed by atoms with van der Waals surface area (Å²) in [6.07, 6.45) is 6.52. The number of unbranched alkanes of at least 4 members (excludes halogenated alkanes) is 1. The van der Waals surface area contributed by atoms with Crippen LogP contribution in [0.4, 0.5) is 5.69 Å². The lowest BCUT2D eigenvalue weighted by atomic mass is 10.1. The van der Waals surface area contributed by atoms with Crippen LogP contribution in [-0.4, -0.2) is 30.3 Å². The zero-order chi connectivity index (χ0) is 19.8. The van der Waals surface area contributed by atoms with Gasteiger partial charge in [-0.05, 0) is 75.3 Å². The molecule has 1 heterocycles. The number of hydrogen-bond acceptors (Lipinski definition) is 3. The van der Waals surface area contributed by atoms with Crippen molar-refractivity contribution in [3.63, 3.8) is 0 Å². The van der Waals surface area contributed by atoms with Gasteiger partial charge in [-0.15, -0.1) is 0 Å². The van der Waals surface area contributed by atoms with E-state index in [1.165, 1.54) is 29.7 Å². The van der Waals surface area contributed by atoms with Crippen LogP contribution in [0, 0.1) is 6.92 Å². The summed E-state index contributed by atoms with van der Waals surface area (Å²) in [6.45, 7) is 4.06. The number of benzene rings is 2. The van der Waals surface area contributed by atoms with E-state index in [-0.39, 0.29) is 12.5 Å². The van der Waals surface area contributed by atoms with Crippen LogP contribution in [0.25, 0.3) is 0 Å². The Balaban J connectivity index is 1.55. The van der Waals surface area contributed by atoms with E-state index < -0.39 is 5.97 Å². The third-order valence-corrected chi connectivity index (χ3v) is 5.36. The monoisotopic (exact) mass is 381 g/mol. The largest absolute Gasteiger partial charge is 0.489 e. The van der Waals surface area contributed by atoms with Crippen LogP contribution >= 0.6 is 0 Å². The smallest absolute Gasteiger partial charge is 0.303 e. The minimum Gasteiger partial charge on any atom is -0.489 e. The quantitative estimate of drug-likeness (QED) is 0.636. The molecule has 2 aromatic carbocycles. The number of carboxylic acids is 1. The SMILES string of the molecule is Cc1ccc(OC2CCCCN(c3ccc(CCCCC(=O)O)cc3)C2)cc1. The van der Waals surface area contributed by atoms with Gasteiger partial charge in [-0.1, -0.05) is 29.8 Å². The number of aryl methyl sites for hydroxylation is 2. The average Bonchev–Trinajstić information content (AvgIpc) is 2.93. The van der Waals surface area contributed by atoms with E-state index >= 15 is 0 Å². The van der Waals surface area contributed by atoms with Gasteiger partial charge in [0.15, 0.2) is 0 Å². The maximum atomic E-state index is 10.6. The lowest BCUT2D eigenvalue weighted by Gasteiger charge is -2.27. The first-order chi connectivity index (χ1) is 13.6. The van der Waals surface area contributed by atoms with Crippen LogP contribution in [-0.2, 0) is 11.2 Å². The summed E-state index contributed by atoms with van der Waals surface area (Å²) in [4.78, 5) is 13.0. The molecule has 1 aliphatic heterocycles. The highest BCUT2D eigenvalue weighted by Crippen LogP contribution is 2.24. The van der Waals surface area contributed by atoms with Gasteiger partial charge in [0.2, 0.25) is 0 Å². The molecule has 0 amide bonds. The molecule has 0 radical (unpaired) electrons. The second kappa shape index (κ2) is 10.2. The highest BCUT2D eigenvalue weighted by molar-refractivity contribution is 5.66. The standard InChI is InChI=1S/C24H31NO3/c1-19-9-15-22(16-10-19)28-23-7-4-5-17-25(18-23)21-13-11-20(12-14-21)6-2-3-8-24(26)27/h9-16,23H,2-8,17-18H2,1H3,(H,26,27). The first-order valence-corrected chi connectivity index (χ1v) is 10.4. The lowest BCUT2D eigenvalue weighted by molar-refractivity contribution is -0.137. The van der Waals surface area contributed by atoms with E-state index in [0.717, 1.165) is 44.5 Å². The number of nitrogens with zero attached hydrogens (tertiary/aromatic N) is 1. The van der Waals surface area contributed by atoms with Crippen molar-refractivity contribution in [3.05, 3.63) is 59.7 Å². The van der Waals surface area contributed by atoms with Crippen LogP contribution in [0.3, 0.4) is 0 Å². The van der Waals surface area contributed by atoms with Gasteiger partial charge >= 0.3 is 5.97 Å². The van der Waals surface area contributed by atoms with E-state index in [2.05, 4.69) is 60.4 Å². The van der Waals surface area contributed by atoms with E-state index in [1.54, 1.807) is 0 Å². The fraction of sp³-hybridized carbons (Fsp3) is 0.458. The Morgan fingerprint density at radius 1 is 1.07 bits per heavy atom. The first-order valence-electron chi connectivity index (χ1n) is 10.4. The first kappa shape index (κ1) is 20.2. The molecule has 1 unspecified atom stereocenters. The normalized spacial score (nSPS) is 17.2. The molecule has 1 N–H and O–H groups in total. The fourth-order valence-corrected chi connectivity index (χ4v) is 3.72. The predicted molar refractivity (Wildman–Crippen MR) is 113 cm³/mol. The van der Waals surface area contributed by atoms with Gasteiger partial charge in [0.05, 0.1) is 6.54 Å². The molecule has 0 saturated carbocycles. The summed E-state index contributed by atoms with van der Waals surface area (Å²) in [5.74, 6) is 0.244. The number of ether oxygens (including phenoxy) is 1. The predicted octanol–water partition coefficient (Wildman–Crippen LogP) is 5.23. The summed E-state index contributed by atoms with van der Waals surface area (Å²) >= 11 is 0. The van der Waals surface area contributed by atoms with Crippen molar-refractivity contribution >= 4 is 11.7 Å². The van der Waals surface area contributed by atoms with Gasteiger partial charge in [0.1, 0.15) is 11.9 Å². The number of hydrogen-bond donors (Lipinski definition) is 1. The van der Waals surface area contributed by atoms with Crippen molar-refractivity contribution in [1.82, 2.24) is 0 Å². The Morgan fingerprint density at radius 3 is 2.54 bits per heavy atom. The molecular formula is C24H31NO3. The van der Waals surface area contributed by atoms with E-state index in [1.807, 2.05) is 0 Å². The maximum absolute atomic E-state index is 10.6. The Bertz CT molecular complexity index is 739. The number of anilines is 1. The minimum absolute atomic E-state index is 0.209. The molecule has 150 valence electrons. The van der Waals surface area contributed by atoms with Gasteiger partial charge in [-0.3, -0.25) is 4.79 Å². The molecule has 1 aliphatic rings. The molecule has 0 aliphatic carbocycles. The number of carboxylic acid groups (broad SMARTS) is 1.